The Balaban J connectivity index is 2.46. The summed E-state index contributed by atoms with van der Waals surface area (Å²) in [6.07, 6.45) is 0. The molecule has 90 valence electrons. The fourth-order valence-electron chi connectivity index (χ4n) is 1.91. The number of thiophene rings is 1. The molecule has 1 unspecified atom stereocenters. The summed E-state index contributed by atoms with van der Waals surface area (Å²) in [6.45, 7) is 6.13. The molecule has 0 amide bonds. The van der Waals surface area contributed by atoms with Crippen molar-refractivity contribution < 1.29 is 4.39 Å². The van der Waals surface area contributed by atoms with E-state index < -0.39 is 0 Å². The second kappa shape index (κ2) is 4.91. The highest BCUT2D eigenvalue weighted by molar-refractivity contribution is 9.09. The quantitative estimate of drug-likeness (QED) is 0.660. The van der Waals surface area contributed by atoms with Gasteiger partial charge in [0, 0.05) is 15.3 Å². The van der Waals surface area contributed by atoms with E-state index >= 15 is 0 Å². The van der Waals surface area contributed by atoms with Crippen molar-refractivity contribution in [3.05, 3.63) is 56.5 Å². The van der Waals surface area contributed by atoms with Crippen LogP contribution in [-0.4, -0.2) is 0 Å². The Labute approximate surface area is 114 Å². The van der Waals surface area contributed by atoms with E-state index in [0.717, 1.165) is 11.1 Å². The molecule has 0 aliphatic rings. The van der Waals surface area contributed by atoms with Crippen LogP contribution in [0.5, 0.6) is 0 Å². The van der Waals surface area contributed by atoms with E-state index in [4.69, 9.17) is 0 Å². The van der Waals surface area contributed by atoms with E-state index in [0.29, 0.717) is 0 Å². The molecule has 0 radical (unpaired) electrons. The van der Waals surface area contributed by atoms with E-state index in [9.17, 15) is 4.39 Å². The summed E-state index contributed by atoms with van der Waals surface area (Å²) in [4.78, 5) is 2.39. The van der Waals surface area contributed by atoms with Gasteiger partial charge in [-0.3, -0.25) is 0 Å². The zero-order chi connectivity index (χ0) is 12.6. The Kier molecular flexibility index (Phi) is 3.69. The van der Waals surface area contributed by atoms with Crippen molar-refractivity contribution in [1.29, 1.82) is 0 Å². The number of hydrogen-bond donors (Lipinski definition) is 0. The van der Waals surface area contributed by atoms with Crippen molar-refractivity contribution in [2.24, 2.45) is 0 Å². The van der Waals surface area contributed by atoms with Gasteiger partial charge in [0.2, 0.25) is 0 Å². The van der Waals surface area contributed by atoms with E-state index in [1.54, 1.807) is 17.4 Å². The monoisotopic (exact) mass is 312 g/mol. The predicted octanol–water partition coefficient (Wildman–Crippen LogP) is 5.30. The van der Waals surface area contributed by atoms with Gasteiger partial charge >= 0.3 is 0 Å². The van der Waals surface area contributed by atoms with Crippen LogP contribution in [0, 0.1) is 26.6 Å². The molecule has 17 heavy (non-hydrogen) atoms. The lowest BCUT2D eigenvalue weighted by Gasteiger charge is -2.11. The van der Waals surface area contributed by atoms with Gasteiger partial charge in [0.15, 0.2) is 0 Å². The maximum absolute atomic E-state index is 13.8. The zero-order valence-corrected chi connectivity index (χ0v) is 12.5. The van der Waals surface area contributed by atoms with Crippen LogP contribution in [0.3, 0.4) is 0 Å². The first-order valence-corrected chi connectivity index (χ1v) is 7.19. The molecule has 0 bridgehead atoms. The minimum atomic E-state index is -0.150. The zero-order valence-electron chi connectivity index (χ0n) is 10.1. The summed E-state index contributed by atoms with van der Waals surface area (Å²) in [5.41, 5.74) is 3.02. The number of aryl methyl sites for hydroxylation is 3. The van der Waals surface area contributed by atoms with Gasteiger partial charge < -0.3 is 0 Å². The minimum absolute atomic E-state index is 0.0545. The van der Waals surface area contributed by atoms with Gasteiger partial charge in [-0.05, 0) is 38.5 Å². The number of alkyl halides is 1. The summed E-state index contributed by atoms with van der Waals surface area (Å²) in [7, 11) is 0. The van der Waals surface area contributed by atoms with E-state index in [2.05, 4.69) is 35.8 Å². The lowest BCUT2D eigenvalue weighted by atomic mass is 10.1. The Hall–Kier alpha value is -0.670. The van der Waals surface area contributed by atoms with Crippen LogP contribution in [0.4, 0.5) is 4.39 Å². The van der Waals surface area contributed by atoms with Crippen LogP contribution in [0.1, 0.15) is 31.3 Å². The van der Waals surface area contributed by atoms with Crippen LogP contribution >= 0.6 is 27.3 Å². The highest BCUT2D eigenvalue weighted by atomic mass is 79.9. The summed E-state index contributed by atoms with van der Waals surface area (Å²) >= 11 is 5.33. The number of benzene rings is 1. The van der Waals surface area contributed by atoms with Crippen molar-refractivity contribution in [3.8, 4) is 0 Å². The first kappa shape index (κ1) is 12.8. The Morgan fingerprint density at radius 2 is 1.88 bits per heavy atom. The second-order valence-corrected chi connectivity index (χ2v) is 6.50. The molecule has 1 atom stereocenters. The van der Waals surface area contributed by atoms with Crippen molar-refractivity contribution in [1.82, 2.24) is 0 Å². The Bertz CT molecular complexity index is 545. The second-order valence-electron chi connectivity index (χ2n) is 4.29. The third kappa shape index (κ3) is 2.61. The van der Waals surface area contributed by atoms with Crippen LogP contribution in [-0.2, 0) is 0 Å². The minimum Gasteiger partial charge on any atom is -0.207 e. The molecule has 1 aromatic heterocycles. The van der Waals surface area contributed by atoms with E-state index in [1.807, 2.05) is 13.0 Å². The molecule has 0 N–H and O–H groups in total. The fraction of sp³-hybridized carbons (Fsp3) is 0.286. The summed E-state index contributed by atoms with van der Waals surface area (Å²) in [6, 6.07) is 7.38. The van der Waals surface area contributed by atoms with E-state index in [1.165, 1.54) is 21.4 Å². The highest BCUT2D eigenvalue weighted by Crippen LogP contribution is 2.39. The topological polar surface area (TPSA) is 0 Å². The SMILES string of the molecule is Cc1ccc(F)c(C(Br)c2sc(C)cc2C)c1. The number of rotatable bonds is 2. The van der Waals surface area contributed by atoms with Crippen LogP contribution < -0.4 is 0 Å². The molecule has 1 heterocycles. The van der Waals surface area contributed by atoms with Gasteiger partial charge in [-0.1, -0.05) is 33.6 Å². The normalized spacial score (nSPS) is 12.8. The lowest BCUT2D eigenvalue weighted by molar-refractivity contribution is 0.613. The van der Waals surface area contributed by atoms with Crippen LogP contribution in [0.15, 0.2) is 24.3 Å². The molecule has 0 aliphatic heterocycles. The average molecular weight is 313 g/mol. The van der Waals surface area contributed by atoms with Crippen molar-refractivity contribution in [2.45, 2.75) is 25.6 Å². The summed E-state index contributed by atoms with van der Waals surface area (Å²) < 4.78 is 13.8. The lowest BCUT2D eigenvalue weighted by Crippen LogP contribution is -1.96. The molecular weight excluding hydrogens is 299 g/mol. The van der Waals surface area contributed by atoms with Gasteiger partial charge in [0.1, 0.15) is 5.82 Å². The standard InChI is InChI=1S/C14H14BrFS/c1-8-4-5-12(16)11(6-8)13(15)14-9(2)7-10(3)17-14/h4-7,13H,1-3H3. The van der Waals surface area contributed by atoms with Crippen LogP contribution in [0.2, 0.25) is 0 Å². The van der Waals surface area contributed by atoms with Gasteiger partial charge in [-0.25, -0.2) is 4.39 Å². The molecule has 0 nitrogen and oxygen atoms in total. The average Bonchev–Trinajstić information content (AvgIpc) is 2.60. The molecule has 1 aromatic carbocycles. The van der Waals surface area contributed by atoms with Crippen molar-refractivity contribution >= 4 is 27.3 Å². The molecule has 0 saturated carbocycles. The fourth-order valence-corrected chi connectivity index (χ4v) is 3.93. The molecule has 2 rings (SSSR count). The molecule has 0 spiro atoms. The Morgan fingerprint density at radius 3 is 2.47 bits per heavy atom. The molecule has 0 aliphatic carbocycles. The van der Waals surface area contributed by atoms with Gasteiger partial charge in [-0.15, -0.1) is 11.3 Å². The van der Waals surface area contributed by atoms with Gasteiger partial charge in [0.25, 0.3) is 0 Å². The molecule has 2 aromatic rings. The maximum Gasteiger partial charge on any atom is 0.127 e. The number of halogens is 2. The largest absolute Gasteiger partial charge is 0.207 e. The van der Waals surface area contributed by atoms with Crippen LogP contribution in [0.25, 0.3) is 0 Å². The Morgan fingerprint density at radius 1 is 1.18 bits per heavy atom. The third-order valence-electron chi connectivity index (χ3n) is 2.73. The first-order valence-electron chi connectivity index (χ1n) is 5.46. The third-order valence-corrected chi connectivity index (χ3v) is 5.21. The molecular formula is C14H14BrFS. The summed E-state index contributed by atoms with van der Waals surface area (Å²) in [5, 5.41) is 0. The van der Waals surface area contributed by atoms with E-state index in [-0.39, 0.29) is 10.6 Å². The highest BCUT2D eigenvalue weighted by Gasteiger charge is 2.18. The summed E-state index contributed by atoms with van der Waals surface area (Å²) in [5.74, 6) is -0.150. The maximum atomic E-state index is 13.8. The molecule has 3 heteroatoms. The van der Waals surface area contributed by atoms with Gasteiger partial charge in [0.05, 0.1) is 4.83 Å². The number of hydrogen-bond acceptors (Lipinski definition) is 1. The molecule has 0 fully saturated rings. The first-order chi connectivity index (χ1) is 7.99. The smallest absolute Gasteiger partial charge is 0.127 e. The predicted molar refractivity (Wildman–Crippen MR) is 75.7 cm³/mol. The van der Waals surface area contributed by atoms with Gasteiger partial charge in [-0.2, -0.15) is 0 Å². The van der Waals surface area contributed by atoms with Crippen molar-refractivity contribution in [2.75, 3.05) is 0 Å². The molecule has 0 saturated heterocycles. The van der Waals surface area contributed by atoms with Crippen molar-refractivity contribution in [3.63, 3.8) is 0 Å².